The maximum absolute atomic E-state index is 6.59. The lowest BCUT2D eigenvalue weighted by atomic mass is 10.0. The molecule has 1 N–H and O–H groups in total. The predicted octanol–water partition coefficient (Wildman–Crippen LogP) is 6.94. The van der Waals surface area contributed by atoms with Crippen molar-refractivity contribution in [2.75, 3.05) is 7.05 Å². The molecule has 0 fully saturated rings. The summed E-state index contributed by atoms with van der Waals surface area (Å²) in [6.07, 6.45) is 8.95. The largest absolute Gasteiger partial charge is 0.352 e. The van der Waals surface area contributed by atoms with Crippen LogP contribution in [0.25, 0.3) is 5.70 Å². The minimum Gasteiger partial charge on any atom is -0.352 e. The molecule has 0 bridgehead atoms. The first-order valence-corrected chi connectivity index (χ1v) is 11.4. The third-order valence-corrected chi connectivity index (χ3v) is 6.29. The normalized spacial score (nSPS) is 19.8. The van der Waals surface area contributed by atoms with E-state index >= 15 is 0 Å². The molecule has 2 aliphatic rings. The van der Waals surface area contributed by atoms with Crippen LogP contribution >= 0.6 is 11.6 Å². The molecule has 1 aliphatic heterocycles. The van der Waals surface area contributed by atoms with Crippen LogP contribution in [0.4, 0.5) is 0 Å². The van der Waals surface area contributed by atoms with Crippen molar-refractivity contribution < 1.29 is 0 Å². The van der Waals surface area contributed by atoms with E-state index in [2.05, 4.69) is 66.7 Å². The van der Waals surface area contributed by atoms with Crippen molar-refractivity contribution in [3.8, 4) is 0 Å². The highest BCUT2D eigenvalue weighted by atomic mass is 35.5. The molecule has 30 heavy (non-hydrogen) atoms. The fourth-order valence-corrected chi connectivity index (χ4v) is 4.64. The Balaban J connectivity index is 1.77. The van der Waals surface area contributed by atoms with E-state index in [9.17, 15) is 0 Å². The Morgan fingerprint density at radius 3 is 2.57 bits per heavy atom. The van der Waals surface area contributed by atoms with E-state index in [1.165, 1.54) is 36.1 Å². The highest BCUT2D eigenvalue weighted by Gasteiger charge is 2.31. The molecule has 1 aliphatic carbocycles. The summed E-state index contributed by atoms with van der Waals surface area (Å²) in [7, 11) is 2.16. The Morgan fingerprint density at radius 2 is 1.80 bits per heavy atom. The number of aliphatic imine (C=N–C) groups is 1. The molecule has 2 aromatic carbocycles. The van der Waals surface area contributed by atoms with E-state index < -0.39 is 0 Å². The molecule has 2 aromatic rings. The molecule has 4 heteroatoms. The van der Waals surface area contributed by atoms with Gasteiger partial charge in [0.25, 0.3) is 0 Å². The third-order valence-electron chi connectivity index (χ3n) is 5.95. The monoisotopic (exact) mass is 419 g/mol. The number of allylic oxidation sites excluding steroid dienone is 2. The summed E-state index contributed by atoms with van der Waals surface area (Å²) in [5.41, 5.74) is 6.12. The van der Waals surface area contributed by atoms with Crippen molar-refractivity contribution in [1.29, 1.82) is 0 Å². The van der Waals surface area contributed by atoms with E-state index in [4.69, 9.17) is 16.6 Å². The Bertz CT molecular complexity index is 975. The second-order valence-electron chi connectivity index (χ2n) is 7.99. The second kappa shape index (κ2) is 9.53. The summed E-state index contributed by atoms with van der Waals surface area (Å²) < 4.78 is 0. The predicted molar refractivity (Wildman–Crippen MR) is 127 cm³/mol. The molecule has 0 amide bonds. The lowest BCUT2D eigenvalue weighted by molar-refractivity contribution is 0.298. The average molecular weight is 420 g/mol. The Labute approximate surface area is 185 Å². The Hall–Kier alpha value is -2.52. The van der Waals surface area contributed by atoms with Gasteiger partial charge in [0.1, 0.15) is 12.0 Å². The molecule has 1 heterocycles. The van der Waals surface area contributed by atoms with Crippen molar-refractivity contribution in [1.82, 2.24) is 10.2 Å². The molecular formula is C26H30ClN3. The van der Waals surface area contributed by atoms with Gasteiger partial charge >= 0.3 is 0 Å². The molecule has 0 radical (unpaired) electrons. The highest BCUT2D eigenvalue weighted by Crippen LogP contribution is 2.39. The summed E-state index contributed by atoms with van der Waals surface area (Å²) in [5, 5.41) is 4.49. The van der Waals surface area contributed by atoms with E-state index in [0.29, 0.717) is 0 Å². The summed E-state index contributed by atoms with van der Waals surface area (Å²) in [6.45, 7) is 2.17. The number of nitrogens with one attached hydrogen (secondary N) is 1. The van der Waals surface area contributed by atoms with Gasteiger partial charge in [0.2, 0.25) is 0 Å². The van der Waals surface area contributed by atoms with Crippen LogP contribution in [0, 0.1) is 0 Å². The minimum absolute atomic E-state index is 0.114. The molecule has 0 spiro atoms. The van der Waals surface area contributed by atoms with Crippen molar-refractivity contribution in [2.45, 2.75) is 51.6 Å². The Kier molecular flexibility index (Phi) is 6.59. The molecule has 0 saturated heterocycles. The molecule has 0 saturated carbocycles. The van der Waals surface area contributed by atoms with E-state index in [-0.39, 0.29) is 6.17 Å². The summed E-state index contributed by atoms with van der Waals surface area (Å²) in [5.74, 6) is 0.999. The first kappa shape index (κ1) is 20.7. The Morgan fingerprint density at radius 1 is 1.07 bits per heavy atom. The number of nitrogens with zero attached hydrogens (tertiary/aromatic N) is 2. The highest BCUT2D eigenvalue weighted by molar-refractivity contribution is 6.31. The molecule has 156 valence electrons. The molecule has 1 unspecified atom stereocenters. The first-order valence-electron chi connectivity index (χ1n) is 11.0. The van der Waals surface area contributed by atoms with Crippen LogP contribution in [0.15, 0.2) is 76.9 Å². The van der Waals surface area contributed by atoms with Crippen LogP contribution in [0.2, 0.25) is 5.02 Å². The summed E-state index contributed by atoms with van der Waals surface area (Å²) in [6, 6.07) is 18.6. The van der Waals surface area contributed by atoms with Crippen LogP contribution in [0.1, 0.15) is 62.7 Å². The van der Waals surface area contributed by atoms with Crippen LogP contribution in [0.3, 0.4) is 0 Å². The standard InChI is InChI=1S/C26H30ClN3/c1-3-12-23(19-13-6-4-7-14-19)28-25-21-16-8-5-9-18-24(21)30(2)26(29-25)20-15-10-11-17-22(20)27/h4,6-7,10-15,17,26H,3,5,8-9,16,18H2,1-2H3,(H,28,29)/b23-12-. The zero-order valence-corrected chi connectivity index (χ0v) is 18.6. The number of benzene rings is 2. The zero-order chi connectivity index (χ0) is 20.9. The third kappa shape index (κ3) is 4.32. The van der Waals surface area contributed by atoms with Gasteiger partial charge in [-0.15, -0.1) is 0 Å². The van der Waals surface area contributed by atoms with Gasteiger partial charge in [-0.2, -0.15) is 0 Å². The SMILES string of the molecule is CC/C=C(\NC1=NC(c2ccccc2Cl)N(C)C2=C1CCCCC2)c1ccccc1. The fourth-order valence-electron chi connectivity index (χ4n) is 4.41. The van der Waals surface area contributed by atoms with E-state index in [1.54, 1.807) is 0 Å². The number of hydrogen-bond acceptors (Lipinski definition) is 3. The van der Waals surface area contributed by atoms with Gasteiger partial charge in [-0.05, 0) is 43.7 Å². The zero-order valence-electron chi connectivity index (χ0n) is 17.9. The number of hydrogen-bond donors (Lipinski definition) is 1. The summed E-state index contributed by atoms with van der Waals surface area (Å²) in [4.78, 5) is 7.55. The van der Waals surface area contributed by atoms with Crippen LogP contribution < -0.4 is 5.32 Å². The van der Waals surface area contributed by atoms with E-state index in [0.717, 1.165) is 41.4 Å². The lowest BCUT2D eigenvalue weighted by Crippen LogP contribution is -2.36. The number of halogens is 1. The van der Waals surface area contributed by atoms with Crippen molar-refractivity contribution in [2.24, 2.45) is 4.99 Å². The molecule has 4 rings (SSSR count). The summed E-state index contributed by atoms with van der Waals surface area (Å²) >= 11 is 6.59. The van der Waals surface area contributed by atoms with Crippen molar-refractivity contribution in [3.63, 3.8) is 0 Å². The van der Waals surface area contributed by atoms with Crippen molar-refractivity contribution >= 4 is 23.1 Å². The van der Waals surface area contributed by atoms with Crippen molar-refractivity contribution in [3.05, 3.63) is 88.1 Å². The molecule has 3 nitrogen and oxygen atoms in total. The topological polar surface area (TPSA) is 27.6 Å². The van der Waals surface area contributed by atoms with Gasteiger partial charge < -0.3 is 10.2 Å². The van der Waals surface area contributed by atoms with Crippen LogP contribution in [-0.4, -0.2) is 17.8 Å². The van der Waals surface area contributed by atoms with Gasteiger partial charge in [-0.25, -0.2) is 4.99 Å². The maximum Gasteiger partial charge on any atom is 0.150 e. The average Bonchev–Trinajstić information content (AvgIpc) is 3.03. The smallest absolute Gasteiger partial charge is 0.150 e. The minimum atomic E-state index is -0.114. The van der Waals surface area contributed by atoms with E-state index in [1.807, 2.05) is 18.2 Å². The van der Waals surface area contributed by atoms with Gasteiger partial charge in [-0.1, -0.05) is 79.6 Å². The van der Waals surface area contributed by atoms with Crippen LogP contribution in [0.5, 0.6) is 0 Å². The maximum atomic E-state index is 6.59. The number of amidine groups is 1. The first-order chi connectivity index (χ1) is 14.7. The lowest BCUT2D eigenvalue weighted by Gasteiger charge is -2.37. The van der Waals surface area contributed by atoms with Crippen LogP contribution in [-0.2, 0) is 0 Å². The van der Waals surface area contributed by atoms with Gasteiger partial charge in [-0.3, -0.25) is 0 Å². The second-order valence-corrected chi connectivity index (χ2v) is 8.39. The molecular weight excluding hydrogens is 390 g/mol. The van der Waals surface area contributed by atoms with Gasteiger partial charge in [0.05, 0.1) is 0 Å². The quantitative estimate of drug-likeness (QED) is 0.581. The molecule has 1 atom stereocenters. The fraction of sp³-hybridized carbons (Fsp3) is 0.346. The van der Waals surface area contributed by atoms with Gasteiger partial charge in [0, 0.05) is 34.6 Å². The van der Waals surface area contributed by atoms with Gasteiger partial charge in [0.15, 0.2) is 0 Å². The number of rotatable bonds is 4. The molecule has 0 aromatic heterocycles.